The second kappa shape index (κ2) is 4.02. The van der Waals surface area contributed by atoms with E-state index in [4.69, 9.17) is 6.42 Å². The van der Waals surface area contributed by atoms with E-state index in [0.29, 0.717) is 11.8 Å². The van der Waals surface area contributed by atoms with Crippen molar-refractivity contribution in [3.05, 3.63) is 12.2 Å². The van der Waals surface area contributed by atoms with Crippen molar-refractivity contribution in [1.82, 2.24) is 0 Å². The van der Waals surface area contributed by atoms with Crippen LogP contribution in [0.2, 0.25) is 0 Å². The molecule has 0 amide bonds. The summed E-state index contributed by atoms with van der Waals surface area (Å²) in [7, 11) is 0. The van der Waals surface area contributed by atoms with E-state index in [-0.39, 0.29) is 0 Å². The zero-order valence-electron chi connectivity index (χ0n) is 9.34. The molecule has 2 aliphatic rings. The zero-order chi connectivity index (χ0) is 10.8. The fourth-order valence-corrected chi connectivity index (χ4v) is 2.96. The van der Waals surface area contributed by atoms with Gasteiger partial charge in [0.1, 0.15) is 0 Å². The zero-order valence-corrected chi connectivity index (χ0v) is 9.34. The minimum Gasteiger partial charge on any atom is -0.386 e. The highest BCUT2D eigenvalue weighted by Gasteiger charge is 2.38. The Morgan fingerprint density at radius 1 is 1.13 bits per heavy atom. The molecule has 1 atom stereocenters. The van der Waals surface area contributed by atoms with Gasteiger partial charge in [0.2, 0.25) is 0 Å². The van der Waals surface area contributed by atoms with Crippen LogP contribution in [0.4, 0.5) is 0 Å². The van der Waals surface area contributed by atoms with Crippen molar-refractivity contribution in [2.24, 2.45) is 5.41 Å². The van der Waals surface area contributed by atoms with Crippen LogP contribution in [0.1, 0.15) is 51.4 Å². The fourth-order valence-electron chi connectivity index (χ4n) is 2.96. The number of allylic oxidation sites excluding steroid dienone is 1. The lowest BCUT2D eigenvalue weighted by atomic mass is 9.72. The van der Waals surface area contributed by atoms with Gasteiger partial charge in [-0.3, -0.25) is 0 Å². The van der Waals surface area contributed by atoms with Gasteiger partial charge in [-0.2, -0.15) is 0 Å². The summed E-state index contributed by atoms with van der Waals surface area (Å²) >= 11 is 0. The largest absolute Gasteiger partial charge is 0.386 e. The van der Waals surface area contributed by atoms with E-state index in [2.05, 4.69) is 12.0 Å². The average molecular weight is 204 g/mol. The molecule has 0 heterocycles. The SMILES string of the molecule is C#CCCC1(O)C=CC2(CCCC2)CC1. The van der Waals surface area contributed by atoms with Gasteiger partial charge in [-0.15, -0.1) is 12.3 Å². The normalized spacial score (nSPS) is 33.1. The Balaban J connectivity index is 2.01. The predicted octanol–water partition coefficient (Wildman–Crippen LogP) is 3.04. The first-order chi connectivity index (χ1) is 7.18. The Bertz CT molecular complexity index is 291. The van der Waals surface area contributed by atoms with Gasteiger partial charge in [0.15, 0.2) is 0 Å². The molecule has 1 saturated carbocycles. The molecule has 0 aliphatic heterocycles. The molecular weight excluding hydrogens is 184 g/mol. The third-order valence-electron chi connectivity index (χ3n) is 4.10. The van der Waals surface area contributed by atoms with Crippen molar-refractivity contribution in [2.45, 2.75) is 57.0 Å². The van der Waals surface area contributed by atoms with E-state index in [1.807, 2.05) is 6.08 Å². The molecule has 0 aromatic rings. The fraction of sp³-hybridized carbons (Fsp3) is 0.714. The van der Waals surface area contributed by atoms with Crippen LogP contribution < -0.4 is 0 Å². The summed E-state index contributed by atoms with van der Waals surface area (Å²) in [6, 6.07) is 0. The van der Waals surface area contributed by atoms with E-state index in [0.717, 1.165) is 19.3 Å². The van der Waals surface area contributed by atoms with Gasteiger partial charge in [0.25, 0.3) is 0 Å². The molecule has 2 rings (SSSR count). The van der Waals surface area contributed by atoms with Gasteiger partial charge in [0, 0.05) is 6.42 Å². The van der Waals surface area contributed by atoms with Crippen molar-refractivity contribution in [2.75, 3.05) is 0 Å². The Morgan fingerprint density at radius 2 is 1.87 bits per heavy atom. The van der Waals surface area contributed by atoms with Crippen molar-refractivity contribution in [1.29, 1.82) is 0 Å². The van der Waals surface area contributed by atoms with Gasteiger partial charge >= 0.3 is 0 Å². The third-order valence-corrected chi connectivity index (χ3v) is 4.10. The van der Waals surface area contributed by atoms with Crippen LogP contribution in [0.15, 0.2) is 12.2 Å². The summed E-state index contributed by atoms with van der Waals surface area (Å²) in [6.45, 7) is 0. The summed E-state index contributed by atoms with van der Waals surface area (Å²) in [5.41, 5.74) is -0.178. The first kappa shape index (κ1) is 10.8. The Hall–Kier alpha value is -0.740. The highest BCUT2D eigenvalue weighted by molar-refractivity contribution is 5.15. The quantitative estimate of drug-likeness (QED) is 0.541. The predicted molar refractivity (Wildman–Crippen MR) is 62.3 cm³/mol. The van der Waals surface area contributed by atoms with Gasteiger partial charge in [-0.05, 0) is 37.5 Å². The molecule has 0 radical (unpaired) electrons. The molecule has 1 N–H and O–H groups in total. The first-order valence-electron chi connectivity index (χ1n) is 6.04. The maximum atomic E-state index is 10.3. The van der Waals surface area contributed by atoms with Gasteiger partial charge in [-0.25, -0.2) is 0 Å². The minimum atomic E-state index is -0.611. The van der Waals surface area contributed by atoms with E-state index in [1.165, 1.54) is 25.7 Å². The van der Waals surface area contributed by atoms with E-state index < -0.39 is 5.60 Å². The number of aliphatic hydroxyl groups is 1. The molecule has 2 aliphatic carbocycles. The Morgan fingerprint density at radius 3 is 2.40 bits per heavy atom. The molecule has 0 bridgehead atoms. The van der Waals surface area contributed by atoms with Crippen molar-refractivity contribution in [3.8, 4) is 12.3 Å². The number of rotatable bonds is 2. The Labute approximate surface area is 92.6 Å². The van der Waals surface area contributed by atoms with Crippen molar-refractivity contribution >= 4 is 0 Å². The summed E-state index contributed by atoms with van der Waals surface area (Å²) < 4.78 is 0. The van der Waals surface area contributed by atoms with E-state index >= 15 is 0 Å². The summed E-state index contributed by atoms with van der Waals surface area (Å²) in [5.74, 6) is 2.61. The van der Waals surface area contributed by atoms with Crippen LogP contribution in [-0.2, 0) is 0 Å². The van der Waals surface area contributed by atoms with Crippen molar-refractivity contribution < 1.29 is 5.11 Å². The van der Waals surface area contributed by atoms with Crippen LogP contribution >= 0.6 is 0 Å². The monoisotopic (exact) mass is 204 g/mol. The highest BCUT2D eigenvalue weighted by atomic mass is 16.3. The second-order valence-corrected chi connectivity index (χ2v) is 5.21. The summed E-state index contributed by atoms with van der Waals surface area (Å²) in [5, 5.41) is 10.3. The highest BCUT2D eigenvalue weighted by Crippen LogP contribution is 2.48. The molecule has 82 valence electrons. The van der Waals surface area contributed by atoms with Gasteiger partial charge in [0.05, 0.1) is 5.60 Å². The first-order valence-corrected chi connectivity index (χ1v) is 6.04. The second-order valence-electron chi connectivity index (χ2n) is 5.21. The topological polar surface area (TPSA) is 20.2 Å². The molecule has 1 spiro atoms. The average Bonchev–Trinajstić information content (AvgIpc) is 2.70. The Kier molecular flexibility index (Phi) is 2.89. The number of hydrogen-bond acceptors (Lipinski definition) is 1. The van der Waals surface area contributed by atoms with Crippen LogP contribution in [0.5, 0.6) is 0 Å². The number of hydrogen-bond donors (Lipinski definition) is 1. The molecule has 1 fully saturated rings. The maximum absolute atomic E-state index is 10.3. The van der Waals surface area contributed by atoms with E-state index in [9.17, 15) is 5.11 Å². The van der Waals surface area contributed by atoms with Gasteiger partial charge < -0.3 is 5.11 Å². The molecule has 0 saturated heterocycles. The maximum Gasteiger partial charge on any atom is 0.0837 e. The van der Waals surface area contributed by atoms with E-state index in [1.54, 1.807) is 0 Å². The van der Waals surface area contributed by atoms with Crippen LogP contribution in [0.3, 0.4) is 0 Å². The lowest BCUT2D eigenvalue weighted by molar-refractivity contribution is 0.0499. The molecule has 0 aromatic heterocycles. The lowest BCUT2D eigenvalue weighted by Gasteiger charge is -2.36. The minimum absolute atomic E-state index is 0.433. The molecule has 1 heteroatoms. The van der Waals surface area contributed by atoms with Crippen LogP contribution in [0, 0.1) is 17.8 Å². The smallest absolute Gasteiger partial charge is 0.0837 e. The molecule has 1 nitrogen and oxygen atoms in total. The number of terminal acetylenes is 1. The molecule has 15 heavy (non-hydrogen) atoms. The van der Waals surface area contributed by atoms with Crippen LogP contribution in [-0.4, -0.2) is 10.7 Å². The van der Waals surface area contributed by atoms with Gasteiger partial charge in [-0.1, -0.05) is 25.0 Å². The standard InChI is InChI=1S/C14H20O/c1-2-3-8-14(15)11-9-13(10-12-14)6-4-5-7-13/h1,9,11,15H,3-8,10,12H2. The lowest BCUT2D eigenvalue weighted by Crippen LogP contribution is -2.33. The van der Waals surface area contributed by atoms with Crippen molar-refractivity contribution in [3.63, 3.8) is 0 Å². The molecular formula is C14H20O. The third kappa shape index (κ3) is 2.26. The summed E-state index contributed by atoms with van der Waals surface area (Å²) in [6.07, 6.45) is 18.3. The molecule has 0 aromatic carbocycles. The molecule has 1 unspecified atom stereocenters. The van der Waals surface area contributed by atoms with Crippen LogP contribution in [0.25, 0.3) is 0 Å². The summed E-state index contributed by atoms with van der Waals surface area (Å²) in [4.78, 5) is 0.